The van der Waals surface area contributed by atoms with E-state index < -0.39 is 28.8 Å². The summed E-state index contributed by atoms with van der Waals surface area (Å²) in [5, 5.41) is 0. The van der Waals surface area contributed by atoms with Crippen molar-refractivity contribution in [2.75, 3.05) is 7.11 Å². The van der Waals surface area contributed by atoms with Gasteiger partial charge in [0.25, 0.3) is 0 Å². The van der Waals surface area contributed by atoms with Crippen LogP contribution in [-0.2, 0) is 5.92 Å². The van der Waals surface area contributed by atoms with Gasteiger partial charge in [0.2, 0.25) is 5.78 Å². The molecule has 0 fully saturated rings. The Hall–Kier alpha value is -2.37. The first-order valence-corrected chi connectivity index (χ1v) is 6.30. The highest BCUT2D eigenvalue weighted by atomic mass is 19.3. The zero-order chi connectivity index (χ0) is 16.4. The molecule has 0 saturated heterocycles. The van der Waals surface area contributed by atoms with Crippen LogP contribution in [0.4, 0.5) is 17.6 Å². The zero-order valence-corrected chi connectivity index (χ0v) is 11.5. The SMILES string of the molecule is COc1ccc(C(=O)C(F)(F)C(F)(F)c2ccccc2)cc1. The molecule has 0 aliphatic heterocycles. The lowest BCUT2D eigenvalue weighted by atomic mass is 9.95. The van der Waals surface area contributed by atoms with Crippen LogP contribution in [0.5, 0.6) is 5.75 Å². The Bertz CT molecular complexity index is 652. The summed E-state index contributed by atoms with van der Waals surface area (Å²) in [6.07, 6.45) is 0. The van der Waals surface area contributed by atoms with Gasteiger partial charge in [-0.2, -0.15) is 17.6 Å². The zero-order valence-electron chi connectivity index (χ0n) is 11.5. The van der Waals surface area contributed by atoms with E-state index in [0.717, 1.165) is 24.3 Å². The Labute approximate surface area is 124 Å². The summed E-state index contributed by atoms with van der Waals surface area (Å²) in [4.78, 5) is 11.8. The average molecular weight is 312 g/mol. The van der Waals surface area contributed by atoms with Crippen molar-refractivity contribution in [2.45, 2.75) is 11.8 Å². The van der Waals surface area contributed by atoms with Gasteiger partial charge in [0.1, 0.15) is 5.75 Å². The fraction of sp³-hybridized carbons (Fsp3) is 0.188. The molecule has 22 heavy (non-hydrogen) atoms. The van der Waals surface area contributed by atoms with Crippen molar-refractivity contribution in [3.05, 3.63) is 65.7 Å². The van der Waals surface area contributed by atoms with Crippen molar-refractivity contribution in [1.29, 1.82) is 0 Å². The molecule has 0 unspecified atom stereocenters. The average Bonchev–Trinajstić information content (AvgIpc) is 2.54. The number of Topliss-reactive ketones (excluding diaryl/α,β-unsaturated/α-hetero) is 1. The molecule has 0 aliphatic carbocycles. The van der Waals surface area contributed by atoms with E-state index >= 15 is 0 Å². The van der Waals surface area contributed by atoms with Crippen LogP contribution < -0.4 is 4.74 Å². The predicted molar refractivity (Wildman–Crippen MR) is 72.6 cm³/mol. The molecule has 0 heterocycles. The minimum absolute atomic E-state index is 0.328. The molecule has 2 aromatic carbocycles. The van der Waals surface area contributed by atoms with Gasteiger partial charge in [-0.3, -0.25) is 4.79 Å². The molecule has 0 saturated carbocycles. The molecule has 0 aliphatic rings. The fourth-order valence-corrected chi connectivity index (χ4v) is 1.90. The Morgan fingerprint density at radius 1 is 0.909 bits per heavy atom. The van der Waals surface area contributed by atoms with Crippen LogP contribution in [0.15, 0.2) is 54.6 Å². The number of carbonyl (C=O) groups is 1. The third kappa shape index (κ3) is 2.68. The van der Waals surface area contributed by atoms with Gasteiger partial charge >= 0.3 is 11.8 Å². The molecule has 0 spiro atoms. The molecule has 0 atom stereocenters. The molecule has 116 valence electrons. The van der Waals surface area contributed by atoms with Crippen LogP contribution in [0.1, 0.15) is 15.9 Å². The quantitative estimate of drug-likeness (QED) is 0.607. The number of ether oxygens (including phenoxy) is 1. The second-order valence-corrected chi connectivity index (χ2v) is 4.57. The lowest BCUT2D eigenvalue weighted by molar-refractivity contribution is -0.184. The molecule has 6 heteroatoms. The molecule has 2 aromatic rings. The molecule has 2 nitrogen and oxygen atoms in total. The highest BCUT2D eigenvalue weighted by molar-refractivity contribution is 6.02. The molecule has 0 aromatic heterocycles. The maximum Gasteiger partial charge on any atom is 0.375 e. The van der Waals surface area contributed by atoms with Crippen molar-refractivity contribution in [2.24, 2.45) is 0 Å². The van der Waals surface area contributed by atoms with E-state index in [-0.39, 0.29) is 0 Å². The number of hydrogen-bond donors (Lipinski definition) is 0. The van der Waals surface area contributed by atoms with E-state index in [1.54, 1.807) is 0 Å². The van der Waals surface area contributed by atoms with Gasteiger partial charge < -0.3 is 4.74 Å². The van der Waals surface area contributed by atoms with Gasteiger partial charge in [0, 0.05) is 11.1 Å². The van der Waals surface area contributed by atoms with Crippen molar-refractivity contribution >= 4 is 5.78 Å². The summed E-state index contributed by atoms with van der Waals surface area (Å²) >= 11 is 0. The largest absolute Gasteiger partial charge is 0.497 e. The molecular weight excluding hydrogens is 300 g/mol. The van der Waals surface area contributed by atoms with Crippen molar-refractivity contribution < 1.29 is 27.1 Å². The van der Waals surface area contributed by atoms with Crippen LogP contribution in [-0.4, -0.2) is 18.8 Å². The summed E-state index contributed by atoms with van der Waals surface area (Å²) in [5.74, 6) is -11.1. The fourth-order valence-electron chi connectivity index (χ4n) is 1.90. The van der Waals surface area contributed by atoms with Gasteiger partial charge in [0.15, 0.2) is 0 Å². The van der Waals surface area contributed by atoms with Crippen LogP contribution in [0.25, 0.3) is 0 Å². The van der Waals surface area contributed by atoms with E-state index in [9.17, 15) is 22.4 Å². The number of benzene rings is 2. The standard InChI is InChI=1S/C16H12F4O2/c1-22-13-9-7-11(8-10-13)14(21)16(19,20)15(17,18)12-5-3-2-4-6-12/h2-10H,1H3. The van der Waals surface area contributed by atoms with E-state index in [2.05, 4.69) is 0 Å². The Morgan fingerprint density at radius 2 is 1.45 bits per heavy atom. The first kappa shape index (κ1) is 16.0. The molecular formula is C16H12F4O2. The van der Waals surface area contributed by atoms with Crippen molar-refractivity contribution in [3.63, 3.8) is 0 Å². The van der Waals surface area contributed by atoms with Gasteiger partial charge in [-0.05, 0) is 24.3 Å². The molecule has 2 rings (SSSR count). The number of hydrogen-bond acceptors (Lipinski definition) is 2. The maximum atomic E-state index is 14.0. The van der Waals surface area contributed by atoms with Crippen LogP contribution in [0, 0.1) is 0 Å². The normalized spacial score (nSPS) is 12.0. The third-order valence-electron chi connectivity index (χ3n) is 3.17. The second-order valence-electron chi connectivity index (χ2n) is 4.57. The molecule has 0 bridgehead atoms. The van der Waals surface area contributed by atoms with Gasteiger partial charge in [-0.15, -0.1) is 0 Å². The number of carbonyl (C=O) groups excluding carboxylic acids is 1. The first-order valence-electron chi connectivity index (χ1n) is 6.30. The summed E-state index contributed by atoms with van der Waals surface area (Å²) < 4.78 is 60.9. The smallest absolute Gasteiger partial charge is 0.375 e. The van der Waals surface area contributed by atoms with E-state index in [1.165, 1.54) is 37.4 Å². The first-order chi connectivity index (χ1) is 10.3. The summed E-state index contributed by atoms with van der Waals surface area (Å²) in [5.41, 5.74) is -1.43. The number of alkyl halides is 4. The monoisotopic (exact) mass is 312 g/mol. The highest BCUT2D eigenvalue weighted by Crippen LogP contribution is 2.44. The predicted octanol–water partition coefficient (Wildman–Crippen LogP) is 4.31. The van der Waals surface area contributed by atoms with Crippen molar-refractivity contribution in [1.82, 2.24) is 0 Å². The number of methoxy groups -OCH3 is 1. The molecule has 0 amide bonds. The lowest BCUT2D eigenvalue weighted by Gasteiger charge is -2.25. The molecule has 0 radical (unpaired) electrons. The van der Waals surface area contributed by atoms with Gasteiger partial charge in [-0.25, -0.2) is 0 Å². The topological polar surface area (TPSA) is 26.3 Å². The molecule has 0 N–H and O–H groups in total. The van der Waals surface area contributed by atoms with Gasteiger partial charge in [-0.1, -0.05) is 30.3 Å². The lowest BCUT2D eigenvalue weighted by Crippen LogP contribution is -2.45. The highest BCUT2D eigenvalue weighted by Gasteiger charge is 2.62. The number of rotatable bonds is 5. The minimum Gasteiger partial charge on any atom is -0.497 e. The van der Waals surface area contributed by atoms with Crippen molar-refractivity contribution in [3.8, 4) is 5.75 Å². The number of ketones is 1. The maximum absolute atomic E-state index is 14.0. The third-order valence-corrected chi connectivity index (χ3v) is 3.17. The van der Waals surface area contributed by atoms with E-state index in [1.807, 2.05) is 0 Å². The van der Waals surface area contributed by atoms with Gasteiger partial charge in [0.05, 0.1) is 7.11 Å². The summed E-state index contributed by atoms with van der Waals surface area (Å²) in [6, 6.07) is 10.1. The second kappa shape index (κ2) is 5.79. The Morgan fingerprint density at radius 3 is 1.95 bits per heavy atom. The Kier molecular flexibility index (Phi) is 4.21. The van der Waals surface area contributed by atoms with Crippen LogP contribution in [0.2, 0.25) is 0 Å². The van der Waals surface area contributed by atoms with E-state index in [4.69, 9.17) is 4.74 Å². The summed E-state index contributed by atoms with van der Waals surface area (Å²) in [6.45, 7) is 0. The van der Waals surface area contributed by atoms with Crippen LogP contribution >= 0.6 is 0 Å². The number of halogens is 4. The minimum atomic E-state index is -4.86. The van der Waals surface area contributed by atoms with E-state index in [0.29, 0.717) is 5.75 Å². The van der Waals surface area contributed by atoms with Crippen LogP contribution in [0.3, 0.4) is 0 Å². The summed E-state index contributed by atoms with van der Waals surface area (Å²) in [7, 11) is 1.36. The Balaban J connectivity index is 2.37.